The highest BCUT2D eigenvalue weighted by Gasteiger charge is 2.14. The van der Waals surface area contributed by atoms with Crippen molar-refractivity contribution in [3.63, 3.8) is 0 Å². The van der Waals surface area contributed by atoms with E-state index in [0.29, 0.717) is 15.7 Å². The lowest BCUT2D eigenvalue weighted by atomic mass is 10.1. The van der Waals surface area contributed by atoms with E-state index in [1.54, 1.807) is 32.0 Å². The Morgan fingerprint density at radius 1 is 1.19 bits per heavy atom. The number of amides is 1. The molecule has 6 heteroatoms. The minimum Gasteiger partial charge on any atom is -0.362 e. The van der Waals surface area contributed by atoms with Gasteiger partial charge in [-0.05, 0) is 31.5 Å². The lowest BCUT2D eigenvalue weighted by molar-refractivity contribution is 0.0949. The van der Waals surface area contributed by atoms with Crippen molar-refractivity contribution in [1.29, 1.82) is 0 Å². The maximum Gasteiger partial charge on any atom is 0.257 e. The topological polar surface area (TPSA) is 62.0 Å². The van der Waals surface area contributed by atoms with Crippen LogP contribution in [-0.2, 0) is 6.54 Å². The van der Waals surface area contributed by atoms with Gasteiger partial charge in [-0.1, -0.05) is 29.3 Å². The molecule has 0 unspecified atom stereocenters. The summed E-state index contributed by atoms with van der Waals surface area (Å²) in [6.07, 6.45) is 0. The first-order chi connectivity index (χ1) is 9.88. The van der Waals surface area contributed by atoms with Gasteiger partial charge in [0.1, 0.15) is 5.56 Å². The number of aromatic amines is 1. The molecule has 2 N–H and O–H groups in total. The molecule has 1 aromatic heterocycles. The van der Waals surface area contributed by atoms with Crippen LogP contribution in [0.5, 0.6) is 0 Å². The van der Waals surface area contributed by atoms with E-state index in [2.05, 4.69) is 10.3 Å². The molecule has 0 aliphatic carbocycles. The van der Waals surface area contributed by atoms with Gasteiger partial charge in [-0.25, -0.2) is 0 Å². The highest BCUT2D eigenvalue weighted by Crippen LogP contribution is 2.22. The summed E-state index contributed by atoms with van der Waals surface area (Å²) in [5.74, 6) is -0.417. The van der Waals surface area contributed by atoms with Gasteiger partial charge in [0.2, 0.25) is 0 Å². The van der Waals surface area contributed by atoms with Gasteiger partial charge in [0.25, 0.3) is 5.91 Å². The zero-order chi connectivity index (χ0) is 15.6. The van der Waals surface area contributed by atoms with Crippen LogP contribution in [0.2, 0.25) is 10.0 Å². The third kappa shape index (κ3) is 3.65. The molecule has 0 fully saturated rings. The Labute approximate surface area is 132 Å². The summed E-state index contributed by atoms with van der Waals surface area (Å²) in [6.45, 7) is 3.73. The lowest BCUT2D eigenvalue weighted by Crippen LogP contribution is -2.29. The van der Waals surface area contributed by atoms with Crippen LogP contribution in [0.25, 0.3) is 0 Å². The van der Waals surface area contributed by atoms with Crippen molar-refractivity contribution in [2.75, 3.05) is 0 Å². The molecule has 0 spiro atoms. The van der Waals surface area contributed by atoms with Crippen molar-refractivity contribution in [2.45, 2.75) is 20.4 Å². The number of aromatic nitrogens is 1. The first-order valence-electron chi connectivity index (χ1n) is 6.31. The normalized spacial score (nSPS) is 10.5. The van der Waals surface area contributed by atoms with Gasteiger partial charge in [-0.15, -0.1) is 0 Å². The van der Waals surface area contributed by atoms with Gasteiger partial charge in [-0.2, -0.15) is 0 Å². The molecule has 0 aliphatic heterocycles. The van der Waals surface area contributed by atoms with Gasteiger partial charge in [0.15, 0.2) is 5.43 Å². The second-order valence-corrected chi connectivity index (χ2v) is 5.56. The van der Waals surface area contributed by atoms with Gasteiger partial charge < -0.3 is 10.3 Å². The van der Waals surface area contributed by atoms with Gasteiger partial charge >= 0.3 is 0 Å². The number of carbonyl (C=O) groups excluding carboxylic acids is 1. The fraction of sp³-hybridized carbons (Fsp3) is 0.200. The molecule has 4 nitrogen and oxygen atoms in total. The van der Waals surface area contributed by atoms with Gasteiger partial charge in [0, 0.05) is 24.0 Å². The molecule has 1 heterocycles. The van der Waals surface area contributed by atoms with Crippen LogP contribution in [0, 0.1) is 13.8 Å². The Balaban J connectivity index is 2.15. The fourth-order valence-electron chi connectivity index (χ4n) is 2.05. The van der Waals surface area contributed by atoms with Gasteiger partial charge in [-0.3, -0.25) is 9.59 Å². The second kappa shape index (κ2) is 6.33. The third-order valence-corrected chi connectivity index (χ3v) is 3.76. The SMILES string of the molecule is Cc1cc(=O)c(C(=O)NCc2ccc(Cl)c(Cl)c2)c(C)[nH]1. The van der Waals surface area contributed by atoms with Crippen molar-refractivity contribution in [1.82, 2.24) is 10.3 Å². The molecule has 2 aromatic rings. The molecule has 0 aliphatic rings. The lowest BCUT2D eigenvalue weighted by Gasteiger charge is -2.08. The molecule has 1 amide bonds. The first-order valence-corrected chi connectivity index (χ1v) is 7.06. The standard InChI is InChI=1S/C15H14Cl2N2O2/c1-8-5-13(20)14(9(2)19-8)15(21)18-7-10-3-4-11(16)12(17)6-10/h3-6H,7H2,1-2H3,(H,18,21)(H,19,20). The van der Waals surface area contributed by atoms with Crippen LogP contribution >= 0.6 is 23.2 Å². The minimum atomic E-state index is -0.417. The molecule has 0 bridgehead atoms. The number of hydrogen-bond acceptors (Lipinski definition) is 2. The van der Waals surface area contributed by atoms with E-state index in [1.165, 1.54) is 6.07 Å². The second-order valence-electron chi connectivity index (χ2n) is 4.75. The largest absolute Gasteiger partial charge is 0.362 e. The van der Waals surface area contributed by atoms with Crippen molar-refractivity contribution in [3.05, 3.63) is 67.0 Å². The average molecular weight is 325 g/mol. The average Bonchev–Trinajstić information content (AvgIpc) is 2.39. The van der Waals surface area contributed by atoms with E-state index in [1.807, 2.05) is 0 Å². The predicted octanol–water partition coefficient (Wildman–Crippen LogP) is 3.23. The Morgan fingerprint density at radius 2 is 1.90 bits per heavy atom. The molecule has 0 radical (unpaired) electrons. The van der Waals surface area contributed by atoms with Gasteiger partial charge in [0.05, 0.1) is 10.0 Å². The number of aryl methyl sites for hydroxylation is 2. The van der Waals surface area contributed by atoms with E-state index < -0.39 is 5.91 Å². The van der Waals surface area contributed by atoms with E-state index in [9.17, 15) is 9.59 Å². The van der Waals surface area contributed by atoms with E-state index in [4.69, 9.17) is 23.2 Å². The Bertz CT molecular complexity index is 754. The predicted molar refractivity (Wildman–Crippen MR) is 84.2 cm³/mol. The van der Waals surface area contributed by atoms with E-state index >= 15 is 0 Å². The van der Waals surface area contributed by atoms with Crippen molar-refractivity contribution in [2.24, 2.45) is 0 Å². The smallest absolute Gasteiger partial charge is 0.257 e. The number of H-pyrrole nitrogens is 1. The Morgan fingerprint density at radius 3 is 2.52 bits per heavy atom. The minimum absolute atomic E-state index is 0.126. The molecular weight excluding hydrogens is 311 g/mol. The van der Waals surface area contributed by atoms with Crippen molar-refractivity contribution < 1.29 is 4.79 Å². The number of benzene rings is 1. The van der Waals surface area contributed by atoms with Crippen LogP contribution in [0.15, 0.2) is 29.1 Å². The van der Waals surface area contributed by atoms with Crippen LogP contribution in [-0.4, -0.2) is 10.9 Å². The zero-order valence-corrected chi connectivity index (χ0v) is 13.1. The summed E-state index contributed by atoms with van der Waals surface area (Å²) in [4.78, 5) is 27.0. The van der Waals surface area contributed by atoms with Crippen LogP contribution < -0.4 is 10.7 Å². The first kappa shape index (κ1) is 15.6. The number of nitrogens with one attached hydrogen (secondary N) is 2. The Hall–Kier alpha value is -1.78. The maximum atomic E-state index is 12.1. The molecule has 110 valence electrons. The molecule has 0 saturated carbocycles. The number of halogens is 2. The number of carbonyl (C=O) groups is 1. The molecule has 0 atom stereocenters. The van der Waals surface area contributed by atoms with Crippen LogP contribution in [0.1, 0.15) is 27.3 Å². The summed E-state index contributed by atoms with van der Waals surface area (Å²) in [5, 5.41) is 3.58. The van der Waals surface area contributed by atoms with Crippen LogP contribution in [0.3, 0.4) is 0 Å². The molecule has 2 rings (SSSR count). The molecule has 0 saturated heterocycles. The summed E-state index contributed by atoms with van der Waals surface area (Å²) in [6, 6.07) is 6.51. The summed E-state index contributed by atoms with van der Waals surface area (Å²) in [7, 11) is 0. The number of hydrogen-bond donors (Lipinski definition) is 2. The maximum absolute atomic E-state index is 12.1. The molecule has 21 heavy (non-hydrogen) atoms. The highest BCUT2D eigenvalue weighted by molar-refractivity contribution is 6.42. The van der Waals surface area contributed by atoms with E-state index in [-0.39, 0.29) is 17.5 Å². The quantitative estimate of drug-likeness (QED) is 0.910. The fourth-order valence-corrected chi connectivity index (χ4v) is 2.37. The highest BCUT2D eigenvalue weighted by atomic mass is 35.5. The third-order valence-electron chi connectivity index (χ3n) is 3.02. The summed E-state index contributed by atoms with van der Waals surface area (Å²) in [5.41, 5.74) is 1.90. The van der Waals surface area contributed by atoms with E-state index in [0.717, 1.165) is 11.3 Å². The van der Waals surface area contributed by atoms with Crippen LogP contribution in [0.4, 0.5) is 0 Å². The molecular formula is C15H14Cl2N2O2. The summed E-state index contributed by atoms with van der Waals surface area (Å²) >= 11 is 11.7. The monoisotopic (exact) mass is 324 g/mol. The Kier molecular flexibility index (Phi) is 4.70. The molecule has 1 aromatic carbocycles. The van der Waals surface area contributed by atoms with Crippen molar-refractivity contribution in [3.8, 4) is 0 Å². The zero-order valence-electron chi connectivity index (χ0n) is 11.6. The van der Waals surface area contributed by atoms with Crippen molar-refractivity contribution >= 4 is 29.1 Å². The number of pyridine rings is 1. The summed E-state index contributed by atoms with van der Waals surface area (Å²) < 4.78 is 0. The number of rotatable bonds is 3.